The molecular formula is C17H20ClN3O2. The number of rotatable bonds is 5. The van der Waals surface area contributed by atoms with E-state index < -0.39 is 0 Å². The van der Waals surface area contributed by atoms with Crippen LogP contribution in [0.5, 0.6) is 0 Å². The number of aryl methyl sites for hydroxylation is 1. The van der Waals surface area contributed by atoms with Crippen molar-refractivity contribution in [3.05, 3.63) is 46.6 Å². The summed E-state index contributed by atoms with van der Waals surface area (Å²) in [6.45, 7) is 3.35. The van der Waals surface area contributed by atoms with Crippen molar-refractivity contribution in [3.63, 3.8) is 0 Å². The molecule has 0 saturated carbocycles. The van der Waals surface area contributed by atoms with Crippen molar-refractivity contribution in [2.45, 2.75) is 38.5 Å². The van der Waals surface area contributed by atoms with Crippen LogP contribution in [-0.4, -0.2) is 34.0 Å². The van der Waals surface area contributed by atoms with Gasteiger partial charge < -0.3 is 9.42 Å². The minimum absolute atomic E-state index is 0.144. The van der Waals surface area contributed by atoms with Gasteiger partial charge in [0, 0.05) is 31.0 Å². The Morgan fingerprint density at radius 3 is 2.83 bits per heavy atom. The van der Waals surface area contributed by atoms with Gasteiger partial charge in [0.05, 0.1) is 5.92 Å². The average Bonchev–Trinajstić information content (AvgIpc) is 3.05. The van der Waals surface area contributed by atoms with Crippen LogP contribution in [0, 0.1) is 0 Å². The number of piperidine rings is 1. The van der Waals surface area contributed by atoms with Crippen LogP contribution < -0.4 is 0 Å². The molecule has 1 aromatic heterocycles. The molecule has 1 aliphatic rings. The number of hydrogen-bond acceptors (Lipinski definition) is 4. The van der Waals surface area contributed by atoms with E-state index in [4.69, 9.17) is 16.1 Å². The van der Waals surface area contributed by atoms with Crippen molar-refractivity contribution < 1.29 is 9.32 Å². The fourth-order valence-electron chi connectivity index (χ4n) is 2.82. The van der Waals surface area contributed by atoms with Gasteiger partial charge in [-0.15, -0.1) is 0 Å². The fourth-order valence-corrected chi connectivity index (χ4v) is 2.95. The smallest absolute Gasteiger partial charge is 0.231 e. The Kier molecular flexibility index (Phi) is 4.96. The summed E-state index contributed by atoms with van der Waals surface area (Å²) in [6.07, 6.45) is 2.89. The van der Waals surface area contributed by atoms with E-state index in [1.165, 1.54) is 5.56 Å². The molecule has 2 aromatic rings. The molecule has 1 saturated heterocycles. The van der Waals surface area contributed by atoms with Gasteiger partial charge in [-0.1, -0.05) is 35.8 Å². The molecule has 0 N–H and O–H groups in total. The maximum absolute atomic E-state index is 12.1. The Morgan fingerprint density at radius 1 is 1.35 bits per heavy atom. The van der Waals surface area contributed by atoms with E-state index in [9.17, 15) is 4.79 Å². The van der Waals surface area contributed by atoms with Gasteiger partial charge >= 0.3 is 0 Å². The minimum Gasteiger partial charge on any atom is -0.342 e. The molecule has 1 fully saturated rings. The molecule has 0 radical (unpaired) electrons. The van der Waals surface area contributed by atoms with Gasteiger partial charge in [0.2, 0.25) is 11.8 Å². The SMILES string of the molecule is CCc1noc([C@@H]2CCC(=O)N(CCc3ccc(Cl)cc3)C2)n1. The van der Waals surface area contributed by atoms with Crippen molar-refractivity contribution in [1.82, 2.24) is 15.0 Å². The van der Waals surface area contributed by atoms with Crippen LogP contribution in [0.3, 0.4) is 0 Å². The Bertz CT molecular complexity index is 669. The third-order valence-electron chi connectivity index (χ3n) is 4.23. The second-order valence-electron chi connectivity index (χ2n) is 5.85. The summed E-state index contributed by atoms with van der Waals surface area (Å²) in [5.41, 5.74) is 1.18. The number of aromatic nitrogens is 2. The molecule has 0 bridgehead atoms. The lowest BCUT2D eigenvalue weighted by atomic mass is 9.97. The molecule has 1 aromatic carbocycles. The zero-order valence-corrected chi connectivity index (χ0v) is 13.9. The molecule has 0 aliphatic carbocycles. The second-order valence-corrected chi connectivity index (χ2v) is 6.29. The fraction of sp³-hybridized carbons (Fsp3) is 0.471. The van der Waals surface area contributed by atoms with E-state index in [1.807, 2.05) is 36.1 Å². The average molecular weight is 334 g/mol. The molecular weight excluding hydrogens is 314 g/mol. The first kappa shape index (κ1) is 16.0. The van der Waals surface area contributed by atoms with E-state index in [-0.39, 0.29) is 11.8 Å². The van der Waals surface area contributed by atoms with Gasteiger partial charge in [0.25, 0.3) is 0 Å². The maximum Gasteiger partial charge on any atom is 0.231 e. The van der Waals surface area contributed by atoms with E-state index >= 15 is 0 Å². The quantitative estimate of drug-likeness (QED) is 0.842. The summed E-state index contributed by atoms with van der Waals surface area (Å²) in [5, 5.41) is 4.68. The summed E-state index contributed by atoms with van der Waals surface area (Å²) in [7, 11) is 0. The van der Waals surface area contributed by atoms with Crippen molar-refractivity contribution in [1.29, 1.82) is 0 Å². The lowest BCUT2D eigenvalue weighted by Gasteiger charge is -2.31. The lowest BCUT2D eigenvalue weighted by molar-refractivity contribution is -0.133. The van der Waals surface area contributed by atoms with Gasteiger partial charge in [0.15, 0.2) is 5.82 Å². The number of amides is 1. The van der Waals surface area contributed by atoms with Gasteiger partial charge in [-0.05, 0) is 30.5 Å². The van der Waals surface area contributed by atoms with E-state index in [1.54, 1.807) is 0 Å². The third kappa shape index (κ3) is 3.91. The number of hydrogen-bond donors (Lipinski definition) is 0. The van der Waals surface area contributed by atoms with Gasteiger partial charge in [-0.2, -0.15) is 4.98 Å². The summed E-state index contributed by atoms with van der Waals surface area (Å²) in [4.78, 5) is 18.5. The highest BCUT2D eigenvalue weighted by molar-refractivity contribution is 6.30. The van der Waals surface area contributed by atoms with Crippen LogP contribution in [0.2, 0.25) is 5.02 Å². The summed E-state index contributed by atoms with van der Waals surface area (Å²) in [6, 6.07) is 7.75. The standard InChI is InChI=1S/C17H20ClN3O2/c1-2-15-19-17(23-20-15)13-5-8-16(22)21(11-13)10-9-12-3-6-14(18)7-4-12/h3-4,6-7,13H,2,5,8-11H2,1H3/t13-/m1/s1. The first-order chi connectivity index (χ1) is 11.2. The molecule has 1 aliphatic heterocycles. The van der Waals surface area contributed by atoms with Crippen molar-refractivity contribution in [2.75, 3.05) is 13.1 Å². The predicted molar refractivity (Wildman–Crippen MR) is 87.4 cm³/mol. The highest BCUT2D eigenvalue weighted by Gasteiger charge is 2.29. The van der Waals surface area contributed by atoms with Crippen LogP contribution in [0.1, 0.15) is 43.0 Å². The van der Waals surface area contributed by atoms with E-state index in [2.05, 4.69) is 10.1 Å². The van der Waals surface area contributed by atoms with Crippen molar-refractivity contribution in [3.8, 4) is 0 Å². The Balaban J connectivity index is 1.61. The predicted octanol–water partition coefficient (Wildman–Crippen LogP) is 3.23. The van der Waals surface area contributed by atoms with Crippen molar-refractivity contribution >= 4 is 17.5 Å². The van der Waals surface area contributed by atoms with E-state index in [0.29, 0.717) is 25.4 Å². The van der Waals surface area contributed by atoms with Crippen LogP contribution in [0.25, 0.3) is 0 Å². The molecule has 122 valence electrons. The van der Waals surface area contributed by atoms with Crippen molar-refractivity contribution in [2.24, 2.45) is 0 Å². The van der Waals surface area contributed by atoms with Crippen LogP contribution in [-0.2, 0) is 17.6 Å². The molecule has 3 rings (SSSR count). The van der Waals surface area contributed by atoms with Gasteiger partial charge in [-0.3, -0.25) is 4.79 Å². The highest BCUT2D eigenvalue weighted by atomic mass is 35.5. The second kappa shape index (κ2) is 7.13. The first-order valence-electron chi connectivity index (χ1n) is 8.00. The largest absolute Gasteiger partial charge is 0.342 e. The normalized spacial score (nSPS) is 18.4. The van der Waals surface area contributed by atoms with Gasteiger partial charge in [0.1, 0.15) is 0 Å². The topological polar surface area (TPSA) is 59.2 Å². The number of halogens is 1. The lowest BCUT2D eigenvalue weighted by Crippen LogP contribution is -2.40. The van der Waals surface area contributed by atoms with Crippen LogP contribution in [0.4, 0.5) is 0 Å². The molecule has 6 heteroatoms. The number of nitrogens with zero attached hydrogens (tertiary/aromatic N) is 3. The van der Waals surface area contributed by atoms with Gasteiger partial charge in [-0.25, -0.2) is 0 Å². The number of carbonyl (C=O) groups is 1. The molecule has 2 heterocycles. The van der Waals surface area contributed by atoms with Crippen LogP contribution >= 0.6 is 11.6 Å². The maximum atomic E-state index is 12.1. The molecule has 5 nitrogen and oxygen atoms in total. The van der Waals surface area contributed by atoms with E-state index in [0.717, 1.165) is 30.1 Å². The molecule has 0 unspecified atom stereocenters. The number of likely N-dealkylation sites (tertiary alicyclic amines) is 1. The zero-order chi connectivity index (χ0) is 16.2. The molecule has 0 spiro atoms. The zero-order valence-electron chi connectivity index (χ0n) is 13.2. The number of carbonyl (C=O) groups excluding carboxylic acids is 1. The molecule has 1 amide bonds. The molecule has 1 atom stereocenters. The monoisotopic (exact) mass is 333 g/mol. The van der Waals surface area contributed by atoms with Crippen LogP contribution in [0.15, 0.2) is 28.8 Å². The first-order valence-corrected chi connectivity index (χ1v) is 8.38. The Hall–Kier alpha value is -1.88. The summed E-state index contributed by atoms with van der Waals surface area (Å²) >= 11 is 5.90. The number of benzene rings is 1. The summed E-state index contributed by atoms with van der Waals surface area (Å²) in [5.74, 6) is 1.73. The Labute approximate surface area is 140 Å². The minimum atomic E-state index is 0.144. The summed E-state index contributed by atoms with van der Waals surface area (Å²) < 4.78 is 5.34. The highest BCUT2D eigenvalue weighted by Crippen LogP contribution is 2.26. The Morgan fingerprint density at radius 2 is 2.13 bits per heavy atom. The third-order valence-corrected chi connectivity index (χ3v) is 4.49. The molecule has 23 heavy (non-hydrogen) atoms.